The first kappa shape index (κ1) is 12.9. The molecule has 20 heavy (non-hydrogen) atoms. The Kier molecular flexibility index (Phi) is 2.72. The van der Waals surface area contributed by atoms with Crippen LogP contribution in [0.2, 0.25) is 0 Å². The molecule has 1 spiro atoms. The number of rotatable bonds is 2. The number of halogens is 3. The van der Waals surface area contributed by atoms with Crippen LogP contribution in [0.5, 0.6) is 5.75 Å². The molecular formula is C12H10F3N3O2. The van der Waals surface area contributed by atoms with Crippen molar-refractivity contribution in [2.75, 3.05) is 13.1 Å². The first-order valence-corrected chi connectivity index (χ1v) is 5.86. The van der Waals surface area contributed by atoms with Crippen LogP contribution < -0.4 is 15.4 Å². The molecule has 5 nitrogen and oxygen atoms in total. The second kappa shape index (κ2) is 4.20. The average Bonchev–Trinajstić information content (AvgIpc) is 2.65. The molecule has 0 aliphatic carbocycles. The van der Waals surface area contributed by atoms with Crippen molar-refractivity contribution in [3.8, 4) is 5.75 Å². The van der Waals surface area contributed by atoms with E-state index in [1.54, 1.807) is 6.07 Å². The fourth-order valence-electron chi connectivity index (χ4n) is 2.10. The zero-order valence-electron chi connectivity index (χ0n) is 10.1. The summed E-state index contributed by atoms with van der Waals surface area (Å²) < 4.78 is 40.3. The molecule has 2 aliphatic heterocycles. The molecule has 106 valence electrons. The molecule has 0 bridgehead atoms. The number of amidine groups is 1. The average molecular weight is 285 g/mol. The number of nitrogens with one attached hydrogen (secondary N) is 2. The predicted molar refractivity (Wildman–Crippen MR) is 63.4 cm³/mol. The zero-order valence-corrected chi connectivity index (χ0v) is 10.1. The first-order chi connectivity index (χ1) is 9.38. The number of alkyl halides is 3. The summed E-state index contributed by atoms with van der Waals surface area (Å²) in [4.78, 5) is 16.1. The van der Waals surface area contributed by atoms with Gasteiger partial charge in [-0.2, -0.15) is 0 Å². The third-order valence-electron chi connectivity index (χ3n) is 3.16. The quantitative estimate of drug-likeness (QED) is 0.845. The van der Waals surface area contributed by atoms with Crippen molar-refractivity contribution in [1.29, 1.82) is 0 Å². The van der Waals surface area contributed by atoms with Crippen molar-refractivity contribution in [1.82, 2.24) is 10.6 Å². The van der Waals surface area contributed by atoms with Crippen LogP contribution in [0.1, 0.15) is 5.56 Å². The lowest BCUT2D eigenvalue weighted by Crippen LogP contribution is -2.63. The molecule has 8 heteroatoms. The van der Waals surface area contributed by atoms with Gasteiger partial charge in [0, 0.05) is 18.7 Å². The van der Waals surface area contributed by atoms with Crippen molar-refractivity contribution in [3.05, 3.63) is 29.8 Å². The molecule has 2 aliphatic rings. The van der Waals surface area contributed by atoms with Crippen molar-refractivity contribution < 1.29 is 22.7 Å². The second-order valence-electron chi connectivity index (χ2n) is 4.63. The van der Waals surface area contributed by atoms with Crippen molar-refractivity contribution in [2.24, 2.45) is 4.99 Å². The summed E-state index contributed by atoms with van der Waals surface area (Å²) in [6.45, 7) is 0.863. The third-order valence-corrected chi connectivity index (χ3v) is 3.16. The number of carbonyl (C=O) groups is 1. The maximum atomic E-state index is 12.2. The number of aliphatic imine (C=N–C) groups is 1. The van der Waals surface area contributed by atoms with E-state index in [0.29, 0.717) is 18.7 Å². The standard InChI is InChI=1S/C12H10F3N3O2/c13-12(14,15)20-8-3-1-2-7(4-8)9-17-10(19)11(18-9)5-16-6-11/h1-4,16H,5-6H2,(H,17,18,19). The summed E-state index contributed by atoms with van der Waals surface area (Å²) in [5.41, 5.74) is -0.431. The molecule has 0 aromatic heterocycles. The minimum atomic E-state index is -4.75. The van der Waals surface area contributed by atoms with Gasteiger partial charge in [-0.25, -0.2) is 4.99 Å². The van der Waals surface area contributed by atoms with E-state index < -0.39 is 11.9 Å². The molecule has 0 radical (unpaired) electrons. The molecule has 1 aromatic carbocycles. The van der Waals surface area contributed by atoms with Crippen LogP contribution in [0.15, 0.2) is 29.3 Å². The van der Waals surface area contributed by atoms with E-state index in [0.717, 1.165) is 0 Å². The van der Waals surface area contributed by atoms with Gasteiger partial charge >= 0.3 is 6.36 Å². The first-order valence-electron chi connectivity index (χ1n) is 5.86. The van der Waals surface area contributed by atoms with E-state index in [2.05, 4.69) is 20.4 Å². The lowest BCUT2D eigenvalue weighted by molar-refractivity contribution is -0.274. The van der Waals surface area contributed by atoms with Crippen LogP contribution in [0.3, 0.4) is 0 Å². The summed E-state index contributed by atoms with van der Waals surface area (Å²) >= 11 is 0. The SMILES string of the molecule is O=C1NC(c2cccc(OC(F)(F)F)c2)=NC12CNC2. The van der Waals surface area contributed by atoms with Crippen molar-refractivity contribution >= 4 is 11.7 Å². The van der Waals surface area contributed by atoms with Gasteiger partial charge < -0.3 is 15.4 Å². The number of hydrogen-bond donors (Lipinski definition) is 2. The molecule has 3 rings (SSSR count). The Morgan fingerprint density at radius 3 is 2.60 bits per heavy atom. The zero-order chi connectivity index (χ0) is 14.4. The van der Waals surface area contributed by atoms with Gasteiger partial charge in [0.15, 0.2) is 5.54 Å². The second-order valence-corrected chi connectivity index (χ2v) is 4.63. The Morgan fingerprint density at radius 2 is 2.05 bits per heavy atom. The Hall–Kier alpha value is -2.09. The van der Waals surface area contributed by atoms with E-state index >= 15 is 0 Å². The number of benzene rings is 1. The molecule has 2 heterocycles. The Bertz CT molecular complexity index is 594. The number of nitrogens with zero attached hydrogens (tertiary/aromatic N) is 1. The van der Waals surface area contributed by atoms with Crippen LogP contribution in [0.25, 0.3) is 0 Å². The largest absolute Gasteiger partial charge is 0.573 e. The number of carbonyl (C=O) groups excluding carboxylic acids is 1. The van der Waals surface area contributed by atoms with E-state index in [-0.39, 0.29) is 17.5 Å². The fraction of sp³-hybridized carbons (Fsp3) is 0.333. The van der Waals surface area contributed by atoms with Crippen LogP contribution in [-0.2, 0) is 4.79 Å². The van der Waals surface area contributed by atoms with Gasteiger partial charge in [-0.15, -0.1) is 13.2 Å². The maximum Gasteiger partial charge on any atom is 0.573 e. The maximum absolute atomic E-state index is 12.2. The highest BCUT2D eigenvalue weighted by Crippen LogP contribution is 2.26. The van der Waals surface area contributed by atoms with Gasteiger partial charge in [-0.1, -0.05) is 12.1 Å². The van der Waals surface area contributed by atoms with E-state index in [1.807, 2.05) is 0 Å². The number of ether oxygens (including phenoxy) is 1. The Balaban J connectivity index is 1.86. The van der Waals surface area contributed by atoms with Gasteiger partial charge in [-0.3, -0.25) is 4.79 Å². The molecule has 1 saturated heterocycles. The van der Waals surface area contributed by atoms with E-state index in [9.17, 15) is 18.0 Å². The van der Waals surface area contributed by atoms with Gasteiger partial charge in [0.25, 0.3) is 5.91 Å². The minimum Gasteiger partial charge on any atom is -0.406 e. The highest BCUT2D eigenvalue weighted by molar-refractivity contribution is 6.16. The van der Waals surface area contributed by atoms with Crippen LogP contribution >= 0.6 is 0 Å². The third kappa shape index (κ3) is 2.22. The normalized spacial score (nSPS) is 20.4. The summed E-state index contributed by atoms with van der Waals surface area (Å²) in [5, 5.41) is 5.53. The molecule has 0 saturated carbocycles. The van der Waals surface area contributed by atoms with Crippen LogP contribution in [-0.4, -0.2) is 36.7 Å². The minimum absolute atomic E-state index is 0.242. The Labute approximate surface area is 111 Å². The topological polar surface area (TPSA) is 62.7 Å². The lowest BCUT2D eigenvalue weighted by Gasteiger charge is -2.33. The van der Waals surface area contributed by atoms with Gasteiger partial charge in [-0.05, 0) is 12.1 Å². The number of hydrogen-bond acceptors (Lipinski definition) is 4. The Morgan fingerprint density at radius 1 is 1.30 bits per heavy atom. The van der Waals surface area contributed by atoms with Gasteiger partial charge in [0.05, 0.1) is 0 Å². The molecule has 1 fully saturated rings. The highest BCUT2D eigenvalue weighted by Gasteiger charge is 2.48. The smallest absolute Gasteiger partial charge is 0.406 e. The number of amides is 1. The molecule has 1 aromatic rings. The molecule has 0 atom stereocenters. The molecule has 1 amide bonds. The van der Waals surface area contributed by atoms with Crippen molar-refractivity contribution in [3.63, 3.8) is 0 Å². The monoisotopic (exact) mass is 285 g/mol. The summed E-state index contributed by atoms with van der Waals surface area (Å²) in [7, 11) is 0. The summed E-state index contributed by atoms with van der Waals surface area (Å²) in [5.74, 6) is -0.322. The molecular weight excluding hydrogens is 275 g/mol. The van der Waals surface area contributed by atoms with Gasteiger partial charge in [0.1, 0.15) is 11.6 Å². The van der Waals surface area contributed by atoms with Crippen LogP contribution in [0, 0.1) is 0 Å². The van der Waals surface area contributed by atoms with Gasteiger partial charge in [0.2, 0.25) is 0 Å². The molecule has 0 unspecified atom stereocenters. The summed E-state index contributed by atoms with van der Waals surface area (Å²) in [6, 6.07) is 5.36. The van der Waals surface area contributed by atoms with E-state index in [1.165, 1.54) is 18.2 Å². The lowest BCUT2D eigenvalue weighted by atomic mass is 9.93. The van der Waals surface area contributed by atoms with Crippen molar-refractivity contribution in [2.45, 2.75) is 11.9 Å². The van der Waals surface area contributed by atoms with Crippen LogP contribution in [0.4, 0.5) is 13.2 Å². The predicted octanol–water partition coefficient (Wildman–Crippen LogP) is 0.804. The summed E-state index contributed by atoms with van der Waals surface area (Å²) in [6.07, 6.45) is -4.75. The molecule has 2 N–H and O–H groups in total. The fourth-order valence-corrected chi connectivity index (χ4v) is 2.10. The van der Waals surface area contributed by atoms with E-state index in [4.69, 9.17) is 0 Å². The highest BCUT2D eigenvalue weighted by atomic mass is 19.4.